The van der Waals surface area contributed by atoms with Crippen LogP contribution in [-0.2, 0) is 18.3 Å². The first-order valence-corrected chi connectivity index (χ1v) is 5.68. The summed E-state index contributed by atoms with van der Waals surface area (Å²) in [6.07, 6.45) is 2.55. The summed E-state index contributed by atoms with van der Waals surface area (Å²) in [7, 11) is 1.99. The first-order chi connectivity index (χ1) is 7.92. The highest BCUT2D eigenvalue weighted by Gasteiger charge is 2.28. The number of carboxylic acid groups (broad SMARTS) is 1. The van der Waals surface area contributed by atoms with Crippen LogP contribution in [0, 0.1) is 5.41 Å². The molecule has 1 heterocycles. The molecule has 3 heteroatoms. The van der Waals surface area contributed by atoms with Crippen LogP contribution in [0.25, 0.3) is 10.9 Å². The lowest BCUT2D eigenvalue weighted by Crippen LogP contribution is -2.26. The standard InChI is InChI=1S/C14H17NO2/c1-14(2,13(16)17)9-10-5-4-6-12-11(10)7-8-15(12)3/h4-8H,9H2,1-3H3,(H,16,17). The van der Waals surface area contributed by atoms with Gasteiger partial charge in [-0.15, -0.1) is 0 Å². The summed E-state index contributed by atoms with van der Waals surface area (Å²) in [6, 6.07) is 8.08. The van der Waals surface area contributed by atoms with Crippen LogP contribution in [0.1, 0.15) is 19.4 Å². The number of aromatic nitrogens is 1. The third kappa shape index (κ3) is 2.05. The van der Waals surface area contributed by atoms with Gasteiger partial charge in [-0.2, -0.15) is 0 Å². The zero-order valence-corrected chi connectivity index (χ0v) is 10.4. The van der Waals surface area contributed by atoms with Crippen LogP contribution >= 0.6 is 0 Å². The number of carboxylic acids is 1. The Labute approximate surface area is 101 Å². The molecular weight excluding hydrogens is 214 g/mol. The molecule has 0 fully saturated rings. The Balaban J connectivity index is 2.46. The van der Waals surface area contributed by atoms with Crippen molar-refractivity contribution >= 4 is 16.9 Å². The van der Waals surface area contributed by atoms with E-state index < -0.39 is 11.4 Å². The number of aliphatic carboxylic acids is 1. The Morgan fingerprint density at radius 2 is 2.06 bits per heavy atom. The second-order valence-corrected chi connectivity index (χ2v) is 5.14. The van der Waals surface area contributed by atoms with E-state index in [4.69, 9.17) is 0 Å². The number of carbonyl (C=O) groups is 1. The maximum Gasteiger partial charge on any atom is 0.309 e. The van der Waals surface area contributed by atoms with E-state index in [0.29, 0.717) is 6.42 Å². The summed E-state index contributed by atoms with van der Waals surface area (Å²) >= 11 is 0. The lowest BCUT2D eigenvalue weighted by Gasteiger charge is -2.19. The number of nitrogens with zero attached hydrogens (tertiary/aromatic N) is 1. The quantitative estimate of drug-likeness (QED) is 0.882. The minimum atomic E-state index is -0.759. The molecule has 0 unspecified atom stereocenters. The van der Waals surface area contributed by atoms with E-state index in [2.05, 4.69) is 0 Å². The van der Waals surface area contributed by atoms with Gasteiger partial charge in [0.2, 0.25) is 0 Å². The summed E-state index contributed by atoms with van der Waals surface area (Å²) < 4.78 is 2.05. The largest absolute Gasteiger partial charge is 0.481 e. The lowest BCUT2D eigenvalue weighted by atomic mass is 9.85. The van der Waals surface area contributed by atoms with Crippen molar-refractivity contribution < 1.29 is 9.90 Å². The van der Waals surface area contributed by atoms with Gasteiger partial charge in [0.1, 0.15) is 0 Å². The summed E-state index contributed by atoms with van der Waals surface area (Å²) in [6.45, 7) is 3.52. The van der Waals surface area contributed by atoms with Crippen molar-refractivity contribution in [2.45, 2.75) is 20.3 Å². The van der Waals surface area contributed by atoms with Crippen molar-refractivity contribution in [3.63, 3.8) is 0 Å². The number of fused-ring (bicyclic) bond motifs is 1. The second kappa shape index (κ2) is 3.91. The molecule has 0 aliphatic rings. The fourth-order valence-electron chi connectivity index (χ4n) is 2.07. The first-order valence-electron chi connectivity index (χ1n) is 5.68. The molecule has 0 bridgehead atoms. The highest BCUT2D eigenvalue weighted by Crippen LogP contribution is 2.27. The SMILES string of the molecule is Cn1ccc2c(CC(C)(C)C(=O)O)cccc21. The van der Waals surface area contributed by atoms with Gasteiger partial charge in [0.05, 0.1) is 5.41 Å². The highest BCUT2D eigenvalue weighted by atomic mass is 16.4. The monoisotopic (exact) mass is 231 g/mol. The molecule has 2 aromatic rings. The number of hydrogen-bond acceptors (Lipinski definition) is 1. The molecule has 0 amide bonds. The summed E-state index contributed by atoms with van der Waals surface area (Å²) in [4.78, 5) is 11.2. The third-order valence-electron chi connectivity index (χ3n) is 3.23. The van der Waals surface area contributed by atoms with E-state index in [0.717, 1.165) is 16.5 Å². The molecule has 90 valence electrons. The normalized spacial score (nSPS) is 11.9. The van der Waals surface area contributed by atoms with Crippen molar-refractivity contribution in [2.75, 3.05) is 0 Å². The zero-order valence-electron chi connectivity index (χ0n) is 10.4. The Morgan fingerprint density at radius 3 is 2.71 bits per heavy atom. The Hall–Kier alpha value is -1.77. The molecule has 1 aromatic heterocycles. The van der Waals surface area contributed by atoms with Gasteiger partial charge < -0.3 is 9.67 Å². The lowest BCUT2D eigenvalue weighted by molar-refractivity contribution is -0.146. The zero-order chi connectivity index (χ0) is 12.6. The van der Waals surface area contributed by atoms with Crippen LogP contribution in [0.3, 0.4) is 0 Å². The average molecular weight is 231 g/mol. The van der Waals surface area contributed by atoms with Gasteiger partial charge in [-0.3, -0.25) is 4.79 Å². The maximum atomic E-state index is 11.2. The number of benzene rings is 1. The molecule has 1 N–H and O–H groups in total. The van der Waals surface area contributed by atoms with Gasteiger partial charge in [-0.1, -0.05) is 12.1 Å². The van der Waals surface area contributed by atoms with Crippen molar-refractivity contribution in [1.82, 2.24) is 4.57 Å². The minimum absolute atomic E-state index is 0.545. The molecule has 0 atom stereocenters. The first kappa shape index (κ1) is 11.7. The van der Waals surface area contributed by atoms with Gasteiger partial charge in [-0.25, -0.2) is 0 Å². The van der Waals surface area contributed by atoms with Crippen LogP contribution in [0.4, 0.5) is 0 Å². The molecule has 0 aliphatic carbocycles. The maximum absolute atomic E-state index is 11.2. The highest BCUT2D eigenvalue weighted by molar-refractivity contribution is 5.84. The van der Waals surface area contributed by atoms with Gasteiger partial charge in [0, 0.05) is 24.1 Å². The topological polar surface area (TPSA) is 42.2 Å². The Morgan fingerprint density at radius 1 is 1.35 bits per heavy atom. The third-order valence-corrected chi connectivity index (χ3v) is 3.23. The number of hydrogen-bond donors (Lipinski definition) is 1. The number of aryl methyl sites for hydroxylation is 1. The van der Waals surface area contributed by atoms with Crippen LogP contribution in [-0.4, -0.2) is 15.6 Å². The fourth-order valence-corrected chi connectivity index (χ4v) is 2.07. The molecule has 1 aromatic carbocycles. The number of rotatable bonds is 3. The molecular formula is C14H17NO2. The molecule has 17 heavy (non-hydrogen) atoms. The van der Waals surface area contributed by atoms with Gasteiger partial charge in [0.25, 0.3) is 0 Å². The van der Waals surface area contributed by atoms with Crippen LogP contribution in [0.2, 0.25) is 0 Å². The van der Waals surface area contributed by atoms with Crippen molar-refractivity contribution in [2.24, 2.45) is 12.5 Å². The van der Waals surface area contributed by atoms with Gasteiger partial charge >= 0.3 is 5.97 Å². The Kier molecular flexibility index (Phi) is 2.69. The Bertz CT molecular complexity index is 567. The van der Waals surface area contributed by atoms with E-state index in [9.17, 15) is 9.90 Å². The van der Waals surface area contributed by atoms with E-state index >= 15 is 0 Å². The molecule has 2 rings (SSSR count). The molecule has 0 saturated heterocycles. The molecule has 0 aliphatic heterocycles. The van der Waals surface area contributed by atoms with Gasteiger partial charge in [0.15, 0.2) is 0 Å². The van der Waals surface area contributed by atoms with Crippen molar-refractivity contribution in [3.8, 4) is 0 Å². The van der Waals surface area contributed by atoms with Gasteiger partial charge in [-0.05, 0) is 38.0 Å². The van der Waals surface area contributed by atoms with E-state index in [1.54, 1.807) is 13.8 Å². The summed E-state index contributed by atoms with van der Waals surface area (Å²) in [5.74, 6) is -0.759. The van der Waals surface area contributed by atoms with Crippen LogP contribution in [0.5, 0.6) is 0 Å². The van der Waals surface area contributed by atoms with Crippen LogP contribution in [0.15, 0.2) is 30.5 Å². The second-order valence-electron chi connectivity index (χ2n) is 5.14. The molecule has 3 nitrogen and oxygen atoms in total. The van der Waals surface area contributed by atoms with E-state index in [1.165, 1.54) is 0 Å². The minimum Gasteiger partial charge on any atom is -0.481 e. The fraction of sp³-hybridized carbons (Fsp3) is 0.357. The smallest absolute Gasteiger partial charge is 0.309 e. The average Bonchev–Trinajstić information content (AvgIpc) is 2.61. The van der Waals surface area contributed by atoms with Crippen molar-refractivity contribution in [1.29, 1.82) is 0 Å². The molecule has 0 saturated carbocycles. The predicted molar refractivity (Wildman–Crippen MR) is 68.0 cm³/mol. The summed E-state index contributed by atoms with van der Waals surface area (Å²) in [5, 5.41) is 10.3. The van der Waals surface area contributed by atoms with Crippen molar-refractivity contribution in [3.05, 3.63) is 36.0 Å². The van der Waals surface area contributed by atoms with Crippen LogP contribution < -0.4 is 0 Å². The summed E-state index contributed by atoms with van der Waals surface area (Å²) in [5.41, 5.74) is 1.50. The predicted octanol–water partition coefficient (Wildman–Crippen LogP) is 2.83. The van der Waals surface area contributed by atoms with E-state index in [1.807, 2.05) is 42.1 Å². The molecule has 0 spiro atoms. The molecule has 0 radical (unpaired) electrons. The van der Waals surface area contributed by atoms with E-state index in [-0.39, 0.29) is 0 Å².